The zero-order chi connectivity index (χ0) is 22.3. The molecule has 0 aromatic rings. The van der Waals surface area contributed by atoms with Gasteiger partial charge in [-0.2, -0.15) is 12.6 Å². The molecule has 2 aliphatic rings. The number of hydrogen-bond acceptors (Lipinski definition) is 9. The fourth-order valence-corrected chi connectivity index (χ4v) is 13.6. The van der Waals surface area contributed by atoms with Gasteiger partial charge in [0.25, 0.3) is 0 Å². The van der Waals surface area contributed by atoms with Gasteiger partial charge in [0.15, 0.2) is 0 Å². The van der Waals surface area contributed by atoms with E-state index in [-0.39, 0.29) is 10.2 Å². The molecule has 0 aromatic heterocycles. The van der Waals surface area contributed by atoms with Gasteiger partial charge in [-0.15, -0.1) is 47.0 Å². The van der Waals surface area contributed by atoms with Crippen LogP contribution in [-0.2, 0) is 9.59 Å². The zero-order valence-corrected chi connectivity index (χ0v) is 23.6. The molecule has 6 atom stereocenters. The Morgan fingerprint density at radius 1 is 0.967 bits per heavy atom. The van der Waals surface area contributed by atoms with Crippen molar-refractivity contribution in [2.45, 2.75) is 58.5 Å². The lowest BCUT2D eigenvalue weighted by Crippen LogP contribution is -2.29. The third-order valence-electron chi connectivity index (χ3n) is 4.73. The van der Waals surface area contributed by atoms with Crippen molar-refractivity contribution in [2.75, 3.05) is 23.0 Å². The number of thiol groups is 1. The minimum absolute atomic E-state index is 0.114. The second-order valence-corrected chi connectivity index (χ2v) is 16.0. The van der Waals surface area contributed by atoms with Gasteiger partial charge in [-0.05, 0) is 37.3 Å². The molecule has 0 aromatic carbocycles. The third kappa shape index (κ3) is 8.56. The highest BCUT2D eigenvalue weighted by atomic mass is 32.2. The second kappa shape index (κ2) is 13.9. The van der Waals surface area contributed by atoms with Crippen LogP contribution in [0.25, 0.3) is 0 Å². The first-order chi connectivity index (χ1) is 14.2. The van der Waals surface area contributed by atoms with Crippen LogP contribution in [0.15, 0.2) is 24.3 Å². The Morgan fingerprint density at radius 2 is 1.43 bits per heavy atom. The summed E-state index contributed by atoms with van der Waals surface area (Å²) in [5.74, 6) is 4.50. The predicted octanol–water partition coefficient (Wildman–Crippen LogP) is 6.72. The van der Waals surface area contributed by atoms with E-state index in [4.69, 9.17) is 12.6 Å². The van der Waals surface area contributed by atoms with Gasteiger partial charge in [0.1, 0.15) is 0 Å². The molecule has 9 heteroatoms. The summed E-state index contributed by atoms with van der Waals surface area (Å²) >= 11 is 16.1. The normalized spacial score (nSPS) is 28.3. The van der Waals surface area contributed by atoms with E-state index < -0.39 is 0 Å². The molecule has 0 amide bonds. The molecule has 2 fully saturated rings. The third-order valence-corrected chi connectivity index (χ3v) is 15.6. The molecule has 0 spiro atoms. The minimum atomic E-state index is 0.114. The summed E-state index contributed by atoms with van der Waals surface area (Å²) in [5, 5.41) is 1.61. The first-order valence-electron chi connectivity index (χ1n) is 10.1. The van der Waals surface area contributed by atoms with E-state index >= 15 is 0 Å². The van der Waals surface area contributed by atoms with E-state index in [2.05, 4.69) is 43.6 Å². The Morgan fingerprint density at radius 3 is 1.90 bits per heavy atom. The Labute approximate surface area is 213 Å². The zero-order valence-electron chi connectivity index (χ0n) is 17.8. The van der Waals surface area contributed by atoms with Gasteiger partial charge in [-0.3, -0.25) is 9.59 Å². The summed E-state index contributed by atoms with van der Waals surface area (Å²) in [5.41, 5.74) is 1.27. The van der Waals surface area contributed by atoms with Gasteiger partial charge in [0, 0.05) is 38.8 Å². The number of carbonyl (C=O) groups excluding carboxylic acids is 2. The molecule has 2 rings (SSSR count). The summed E-state index contributed by atoms with van der Waals surface area (Å²) in [7, 11) is 0. The second-order valence-electron chi connectivity index (χ2n) is 7.62. The summed E-state index contributed by atoms with van der Waals surface area (Å²) in [6, 6.07) is 0. The van der Waals surface area contributed by atoms with Crippen LogP contribution in [0.3, 0.4) is 0 Å². The molecule has 0 radical (unpaired) electrons. The van der Waals surface area contributed by atoms with E-state index in [9.17, 15) is 9.59 Å². The number of carbonyl (C=O) groups is 2. The van der Waals surface area contributed by atoms with Crippen LogP contribution < -0.4 is 0 Å². The number of rotatable bonds is 11. The van der Waals surface area contributed by atoms with Crippen molar-refractivity contribution in [3.8, 4) is 0 Å². The first-order valence-corrected chi connectivity index (χ1v) is 16.6. The molecule has 0 N–H and O–H groups in total. The maximum absolute atomic E-state index is 11.9. The van der Waals surface area contributed by atoms with Crippen LogP contribution in [0.2, 0.25) is 0 Å². The predicted molar refractivity (Wildman–Crippen MR) is 151 cm³/mol. The van der Waals surface area contributed by atoms with Gasteiger partial charge in [-0.25, -0.2) is 0 Å². The molecule has 6 unspecified atom stereocenters. The van der Waals surface area contributed by atoms with Crippen LogP contribution in [0.1, 0.15) is 33.6 Å². The number of thioether (sulfide) groups is 6. The lowest BCUT2D eigenvalue weighted by molar-refractivity contribution is -0.108. The average molecular weight is 541 g/mol. The van der Waals surface area contributed by atoms with E-state index in [1.54, 1.807) is 13.8 Å². The molecule has 2 saturated heterocycles. The van der Waals surface area contributed by atoms with Crippen LogP contribution in [0.5, 0.6) is 0 Å². The molecule has 0 aliphatic carbocycles. The fraction of sp³-hybridized carbons (Fsp3) is 0.714. The Balaban J connectivity index is 1.85. The smallest absolute Gasteiger partial charge is 0.214 e. The molecule has 170 valence electrons. The van der Waals surface area contributed by atoms with Gasteiger partial charge in [0.05, 0.1) is 9.16 Å². The highest BCUT2D eigenvalue weighted by Gasteiger charge is 2.40. The van der Waals surface area contributed by atoms with Crippen LogP contribution in [0, 0.1) is 5.92 Å². The molecule has 2 nitrogen and oxygen atoms in total. The fourth-order valence-electron chi connectivity index (χ4n) is 3.11. The summed E-state index contributed by atoms with van der Waals surface area (Å²) in [6.07, 6.45) is 2.36. The quantitative estimate of drug-likeness (QED) is 0.228. The van der Waals surface area contributed by atoms with Gasteiger partial charge < -0.3 is 0 Å². The Bertz CT molecular complexity index is 639. The maximum atomic E-state index is 11.9. The summed E-state index contributed by atoms with van der Waals surface area (Å²) in [4.78, 5) is 23.7. The van der Waals surface area contributed by atoms with E-state index in [0.717, 1.165) is 23.0 Å². The lowest BCUT2D eigenvalue weighted by Gasteiger charge is -2.31. The van der Waals surface area contributed by atoms with Crippen molar-refractivity contribution in [3.05, 3.63) is 24.3 Å². The van der Waals surface area contributed by atoms with Crippen LogP contribution >= 0.6 is 83.2 Å². The Hall–Kier alpha value is 1.27. The largest absolute Gasteiger partial charge is 0.282 e. The molecule has 2 heterocycles. The van der Waals surface area contributed by atoms with E-state index in [1.165, 1.54) is 36.4 Å². The minimum Gasteiger partial charge on any atom is -0.282 e. The molecular formula is C21H32O2S7. The van der Waals surface area contributed by atoms with E-state index in [0.29, 0.717) is 42.0 Å². The van der Waals surface area contributed by atoms with Crippen molar-refractivity contribution in [1.29, 1.82) is 0 Å². The molecule has 0 saturated carbocycles. The standard InChI is InChI=1S/C21H32O2S7/c1-6-7-16(20-27-10-14(29-20)8-25-18(22)12(2)3)17(24)21-28-11-15(30-21)9-26-19(23)13(4)5/h14-17,20-21,24H,2,4,6-11H2,1,3,5H3. The lowest BCUT2D eigenvalue weighted by atomic mass is 10.0. The van der Waals surface area contributed by atoms with Crippen LogP contribution in [0.4, 0.5) is 0 Å². The topological polar surface area (TPSA) is 34.1 Å². The van der Waals surface area contributed by atoms with E-state index in [1.807, 2.05) is 23.5 Å². The monoisotopic (exact) mass is 540 g/mol. The van der Waals surface area contributed by atoms with Crippen molar-refractivity contribution in [1.82, 2.24) is 0 Å². The van der Waals surface area contributed by atoms with Crippen molar-refractivity contribution >= 4 is 93.4 Å². The molecule has 0 bridgehead atoms. The Kier molecular flexibility index (Phi) is 12.7. The highest BCUT2D eigenvalue weighted by Crippen LogP contribution is 2.51. The summed E-state index contributed by atoms with van der Waals surface area (Å²) in [6.45, 7) is 13.3. The summed E-state index contributed by atoms with van der Waals surface area (Å²) < 4.78 is 1.03. The number of hydrogen-bond donors (Lipinski definition) is 1. The van der Waals surface area contributed by atoms with Crippen molar-refractivity contribution in [2.24, 2.45) is 5.92 Å². The SMILES string of the molecule is C=C(C)C(=O)SCC1CSC(C(S)C(CCC)C2SCC(CSC(=O)C(=C)C)S2)S1. The highest BCUT2D eigenvalue weighted by molar-refractivity contribution is 8.22. The van der Waals surface area contributed by atoms with Gasteiger partial charge in [-0.1, -0.05) is 50.0 Å². The van der Waals surface area contributed by atoms with Gasteiger partial charge >= 0.3 is 0 Å². The van der Waals surface area contributed by atoms with Gasteiger partial charge in [0.2, 0.25) is 10.2 Å². The molecule has 2 aliphatic heterocycles. The first kappa shape index (κ1) is 27.5. The van der Waals surface area contributed by atoms with Crippen molar-refractivity contribution < 1.29 is 9.59 Å². The molecule has 30 heavy (non-hydrogen) atoms. The van der Waals surface area contributed by atoms with Crippen LogP contribution in [-0.4, -0.2) is 58.2 Å². The van der Waals surface area contributed by atoms with Crippen molar-refractivity contribution in [3.63, 3.8) is 0 Å². The average Bonchev–Trinajstić information content (AvgIpc) is 3.37. The maximum Gasteiger partial charge on any atom is 0.214 e. The molecular weight excluding hydrogens is 509 g/mol.